The number of amides is 1. The van der Waals surface area contributed by atoms with Crippen LogP contribution in [0.5, 0.6) is 11.5 Å². The molecular weight excluding hydrogens is 479 g/mol. The summed E-state index contributed by atoms with van der Waals surface area (Å²) in [6.07, 6.45) is 1.46. The van der Waals surface area contributed by atoms with Crippen LogP contribution in [0.4, 0.5) is 4.39 Å². The third-order valence-electron chi connectivity index (χ3n) is 4.30. The monoisotopic (exact) mass is 502 g/mol. The Hall–Kier alpha value is -3.17. The van der Waals surface area contributed by atoms with Gasteiger partial charge in [-0.1, -0.05) is 35.5 Å². The number of hydrazone groups is 1. The van der Waals surface area contributed by atoms with E-state index in [1.807, 2.05) is 26.8 Å². The van der Waals surface area contributed by atoms with Crippen LogP contribution >= 0.6 is 23.4 Å². The van der Waals surface area contributed by atoms with Crippen molar-refractivity contribution in [2.45, 2.75) is 32.5 Å². The molecule has 1 aromatic heterocycles. The molecule has 3 aromatic rings. The van der Waals surface area contributed by atoms with Crippen LogP contribution in [0.2, 0.25) is 5.02 Å². The zero-order valence-corrected chi connectivity index (χ0v) is 20.5. The highest BCUT2D eigenvalue weighted by Gasteiger charge is 2.13. The van der Waals surface area contributed by atoms with Crippen LogP contribution in [-0.4, -0.2) is 34.4 Å². The van der Waals surface area contributed by atoms with Gasteiger partial charge in [0.1, 0.15) is 12.4 Å². The van der Waals surface area contributed by atoms with E-state index in [4.69, 9.17) is 21.1 Å². The van der Waals surface area contributed by atoms with Gasteiger partial charge in [0.05, 0.1) is 23.6 Å². The summed E-state index contributed by atoms with van der Waals surface area (Å²) < 4.78 is 24.9. The Morgan fingerprint density at radius 1 is 1.18 bits per heavy atom. The molecule has 7 nitrogen and oxygen atoms in total. The van der Waals surface area contributed by atoms with E-state index in [0.717, 1.165) is 11.4 Å². The van der Waals surface area contributed by atoms with Gasteiger partial charge in [0.2, 0.25) is 0 Å². The van der Waals surface area contributed by atoms with Crippen LogP contribution in [0.25, 0.3) is 0 Å². The minimum atomic E-state index is -0.342. The second-order valence-corrected chi connectivity index (χ2v) is 8.55. The van der Waals surface area contributed by atoms with E-state index in [9.17, 15) is 9.18 Å². The predicted octanol–water partition coefficient (Wildman–Crippen LogP) is 5.11. The van der Waals surface area contributed by atoms with Crippen LogP contribution < -0.4 is 14.9 Å². The van der Waals surface area contributed by atoms with Gasteiger partial charge in [-0.25, -0.2) is 19.8 Å². The van der Waals surface area contributed by atoms with Crippen LogP contribution in [0.15, 0.2) is 52.7 Å². The average Bonchev–Trinajstić information content (AvgIpc) is 2.77. The van der Waals surface area contributed by atoms with Gasteiger partial charge in [0.25, 0.3) is 5.91 Å². The zero-order valence-electron chi connectivity index (χ0n) is 19.0. The van der Waals surface area contributed by atoms with Gasteiger partial charge in [-0.05, 0) is 62.2 Å². The fourth-order valence-electron chi connectivity index (χ4n) is 2.95. The maximum atomic E-state index is 13.4. The number of hydrogen-bond acceptors (Lipinski definition) is 7. The Kier molecular flexibility index (Phi) is 9.24. The van der Waals surface area contributed by atoms with Gasteiger partial charge in [0.15, 0.2) is 16.7 Å². The summed E-state index contributed by atoms with van der Waals surface area (Å²) in [7, 11) is 0. The minimum Gasteiger partial charge on any atom is -0.490 e. The van der Waals surface area contributed by atoms with E-state index in [0.29, 0.717) is 39.4 Å². The van der Waals surface area contributed by atoms with Crippen molar-refractivity contribution in [1.29, 1.82) is 0 Å². The summed E-state index contributed by atoms with van der Waals surface area (Å²) in [5.41, 5.74) is 5.44. The molecule has 0 aliphatic carbocycles. The highest BCUT2D eigenvalue weighted by molar-refractivity contribution is 7.99. The standard InChI is InChI=1S/C24H24ClFN4O3S/c1-4-32-21-11-18(10-20(25)23(21)33-13-17-6-5-7-19(26)9-17)12-27-30-22(31)14-34-24-28-15(2)8-16(3)29-24/h5-12H,4,13-14H2,1-3H3,(H,30,31)/b27-12-. The van der Waals surface area contributed by atoms with Crippen LogP contribution in [0, 0.1) is 19.7 Å². The number of nitrogens with one attached hydrogen (secondary N) is 1. The molecule has 2 aromatic carbocycles. The molecule has 0 bridgehead atoms. The molecule has 34 heavy (non-hydrogen) atoms. The lowest BCUT2D eigenvalue weighted by molar-refractivity contribution is -0.118. The molecule has 1 amide bonds. The molecular formula is C24H24ClFN4O3S. The van der Waals surface area contributed by atoms with Crippen LogP contribution in [-0.2, 0) is 11.4 Å². The van der Waals surface area contributed by atoms with E-state index < -0.39 is 0 Å². The number of ether oxygens (including phenoxy) is 2. The van der Waals surface area contributed by atoms with Gasteiger partial charge in [-0.2, -0.15) is 5.10 Å². The number of aryl methyl sites for hydroxylation is 2. The van der Waals surface area contributed by atoms with Gasteiger partial charge >= 0.3 is 0 Å². The first kappa shape index (κ1) is 25.5. The molecule has 10 heteroatoms. The van der Waals surface area contributed by atoms with Gasteiger partial charge in [-0.3, -0.25) is 4.79 Å². The number of carbonyl (C=O) groups is 1. The Morgan fingerprint density at radius 3 is 2.65 bits per heavy atom. The number of benzene rings is 2. The molecule has 0 aliphatic rings. The number of thioether (sulfide) groups is 1. The van der Waals surface area contributed by atoms with E-state index in [2.05, 4.69) is 20.5 Å². The van der Waals surface area contributed by atoms with Crippen molar-refractivity contribution in [3.05, 3.63) is 75.8 Å². The lowest BCUT2D eigenvalue weighted by atomic mass is 10.2. The summed E-state index contributed by atoms with van der Waals surface area (Å²) in [6, 6.07) is 11.3. The number of carbonyl (C=O) groups excluding carboxylic acids is 1. The third kappa shape index (κ3) is 7.71. The Balaban J connectivity index is 1.61. The number of nitrogens with zero attached hydrogens (tertiary/aromatic N) is 3. The van der Waals surface area contributed by atoms with E-state index >= 15 is 0 Å². The van der Waals surface area contributed by atoms with Crippen LogP contribution in [0.3, 0.4) is 0 Å². The Labute approximate surface area is 206 Å². The Bertz CT molecular complexity index is 1170. The molecule has 0 atom stereocenters. The van der Waals surface area contributed by atoms with Crippen molar-refractivity contribution >= 4 is 35.5 Å². The molecule has 178 valence electrons. The lowest BCUT2D eigenvalue weighted by Crippen LogP contribution is -2.19. The molecule has 0 aliphatic heterocycles. The Morgan fingerprint density at radius 2 is 1.94 bits per heavy atom. The summed E-state index contributed by atoms with van der Waals surface area (Å²) in [5, 5.41) is 4.83. The summed E-state index contributed by atoms with van der Waals surface area (Å²) in [6.45, 7) is 6.11. The van der Waals surface area contributed by atoms with Crippen molar-refractivity contribution in [2.24, 2.45) is 5.10 Å². The fourth-order valence-corrected chi connectivity index (χ4v) is 3.96. The molecule has 0 unspecified atom stereocenters. The summed E-state index contributed by atoms with van der Waals surface area (Å²) in [4.78, 5) is 20.7. The van der Waals surface area contributed by atoms with E-state index in [-0.39, 0.29) is 24.1 Å². The first-order valence-corrected chi connectivity index (χ1v) is 11.8. The van der Waals surface area contributed by atoms with Crippen LogP contribution in [0.1, 0.15) is 29.4 Å². The highest BCUT2D eigenvalue weighted by Crippen LogP contribution is 2.37. The van der Waals surface area contributed by atoms with Crippen molar-refractivity contribution < 1.29 is 18.7 Å². The third-order valence-corrected chi connectivity index (χ3v) is 5.43. The van der Waals surface area contributed by atoms with Gasteiger partial charge in [-0.15, -0.1) is 0 Å². The van der Waals surface area contributed by atoms with Crippen molar-refractivity contribution in [1.82, 2.24) is 15.4 Å². The highest BCUT2D eigenvalue weighted by atomic mass is 35.5. The molecule has 0 spiro atoms. The number of rotatable bonds is 10. The first-order valence-electron chi connectivity index (χ1n) is 10.4. The predicted molar refractivity (Wildman–Crippen MR) is 131 cm³/mol. The molecule has 3 rings (SSSR count). The van der Waals surface area contributed by atoms with Crippen molar-refractivity contribution in [3.63, 3.8) is 0 Å². The van der Waals surface area contributed by atoms with Crippen molar-refractivity contribution in [2.75, 3.05) is 12.4 Å². The first-order chi connectivity index (χ1) is 16.3. The molecule has 0 fully saturated rings. The summed E-state index contributed by atoms with van der Waals surface area (Å²) in [5.74, 6) is 0.249. The van der Waals surface area contributed by atoms with E-state index in [1.165, 1.54) is 30.1 Å². The van der Waals surface area contributed by atoms with E-state index in [1.54, 1.807) is 24.3 Å². The zero-order chi connectivity index (χ0) is 24.5. The lowest BCUT2D eigenvalue weighted by Gasteiger charge is -2.14. The second-order valence-electron chi connectivity index (χ2n) is 7.20. The largest absolute Gasteiger partial charge is 0.490 e. The molecule has 0 radical (unpaired) electrons. The second kappa shape index (κ2) is 12.3. The number of aromatic nitrogens is 2. The average molecular weight is 503 g/mol. The molecule has 0 saturated carbocycles. The normalized spacial score (nSPS) is 11.0. The molecule has 0 saturated heterocycles. The fraction of sp³-hybridized carbons (Fsp3) is 0.250. The number of hydrogen-bond donors (Lipinski definition) is 1. The van der Waals surface area contributed by atoms with Crippen molar-refractivity contribution in [3.8, 4) is 11.5 Å². The molecule has 1 N–H and O–H groups in total. The van der Waals surface area contributed by atoms with Gasteiger partial charge in [0, 0.05) is 11.4 Å². The summed E-state index contributed by atoms with van der Waals surface area (Å²) >= 11 is 7.64. The van der Waals surface area contributed by atoms with Gasteiger partial charge < -0.3 is 9.47 Å². The maximum absolute atomic E-state index is 13.4. The number of halogens is 2. The SMILES string of the molecule is CCOc1cc(/C=N\NC(=O)CSc2nc(C)cc(C)n2)cc(Cl)c1OCc1cccc(F)c1. The quantitative estimate of drug-likeness (QED) is 0.179. The smallest absolute Gasteiger partial charge is 0.250 e. The molecule has 1 heterocycles. The maximum Gasteiger partial charge on any atom is 0.250 e. The topological polar surface area (TPSA) is 85.7 Å². The minimum absolute atomic E-state index is 0.123.